The van der Waals surface area contributed by atoms with Crippen molar-refractivity contribution in [1.82, 2.24) is 0 Å². The van der Waals surface area contributed by atoms with Crippen molar-refractivity contribution in [3.05, 3.63) is 11.9 Å². The third-order valence-electron chi connectivity index (χ3n) is 1.10. The van der Waals surface area contributed by atoms with Crippen LogP contribution in [0.25, 0.3) is 0 Å². The average Bonchev–Trinajstić information content (AvgIpc) is 1.65. The van der Waals surface area contributed by atoms with Gasteiger partial charge in [-0.15, -0.1) is 0 Å². The molecule has 54 valence electrons. The predicted octanol–water partition coefficient (Wildman–Crippen LogP) is 2.20. The Hall–Kier alpha value is -0.0700. The van der Waals surface area contributed by atoms with Crippen molar-refractivity contribution in [2.24, 2.45) is 0 Å². The van der Waals surface area contributed by atoms with E-state index in [1.807, 2.05) is 0 Å². The number of hydrogen-bond acceptors (Lipinski definition) is 1. The summed E-state index contributed by atoms with van der Waals surface area (Å²) < 4.78 is 11.0. The summed E-state index contributed by atoms with van der Waals surface area (Å²) in [6.45, 7) is 5.22. The second kappa shape index (κ2) is 3.19. The van der Waals surface area contributed by atoms with Gasteiger partial charge in [0, 0.05) is 5.66 Å². The topological polar surface area (TPSA) is 37.3 Å². The molecule has 1 atom stereocenters. The third kappa shape index (κ3) is 2.83. The summed E-state index contributed by atoms with van der Waals surface area (Å²) in [6.07, 6.45) is 1.61. The highest BCUT2D eigenvalue weighted by Gasteiger charge is 2.17. The van der Waals surface area contributed by atoms with Gasteiger partial charge in [0.1, 0.15) is 0 Å². The Labute approximate surface area is 56.0 Å². The van der Waals surface area contributed by atoms with Crippen molar-refractivity contribution in [3.63, 3.8) is 0 Å². The largest absolute Gasteiger partial charge is 0.341 e. The summed E-state index contributed by atoms with van der Waals surface area (Å²) in [7, 11) is -2.95. The number of rotatable bonds is 2. The number of allylic oxidation sites excluding steroid dienone is 1. The first-order chi connectivity index (χ1) is 4.00. The van der Waals surface area contributed by atoms with Crippen LogP contribution in [0.2, 0.25) is 0 Å². The van der Waals surface area contributed by atoms with Crippen molar-refractivity contribution < 1.29 is 9.46 Å². The quantitative estimate of drug-likeness (QED) is 0.609. The summed E-state index contributed by atoms with van der Waals surface area (Å²) in [5.41, 5.74) is -0.159. The fourth-order valence-corrected chi connectivity index (χ4v) is 1.16. The molecule has 2 nitrogen and oxygen atoms in total. The maximum absolute atomic E-state index is 11.0. The van der Waals surface area contributed by atoms with Crippen molar-refractivity contribution >= 4 is 7.37 Å². The van der Waals surface area contributed by atoms with Crippen molar-refractivity contribution in [2.45, 2.75) is 26.4 Å². The fourth-order valence-electron chi connectivity index (χ4n) is 0.386. The molecule has 0 heterocycles. The van der Waals surface area contributed by atoms with E-state index < -0.39 is 7.37 Å². The van der Waals surface area contributed by atoms with Gasteiger partial charge in [0.15, 0.2) is 0 Å². The molecule has 9 heavy (non-hydrogen) atoms. The molecule has 0 aromatic carbocycles. The van der Waals surface area contributed by atoms with Gasteiger partial charge in [-0.3, -0.25) is 4.57 Å². The van der Waals surface area contributed by atoms with Crippen LogP contribution in [0.15, 0.2) is 11.9 Å². The first-order valence-electron chi connectivity index (χ1n) is 2.96. The van der Waals surface area contributed by atoms with Gasteiger partial charge in [-0.25, -0.2) is 0 Å². The average molecular weight is 148 g/mol. The van der Waals surface area contributed by atoms with E-state index in [0.717, 1.165) is 0 Å². The van der Waals surface area contributed by atoms with Crippen molar-refractivity contribution in [1.29, 1.82) is 0 Å². The van der Waals surface area contributed by atoms with Gasteiger partial charge in [-0.2, -0.15) is 0 Å². The predicted molar refractivity (Wildman–Crippen MR) is 39.8 cm³/mol. The van der Waals surface area contributed by atoms with E-state index >= 15 is 0 Å². The first-order valence-corrected chi connectivity index (χ1v) is 4.76. The summed E-state index contributed by atoms with van der Waals surface area (Å²) in [5, 5.41) is 0. The minimum Gasteiger partial charge on any atom is -0.341 e. The lowest BCUT2D eigenvalue weighted by Crippen LogP contribution is -1.92. The molecule has 0 spiro atoms. The molecular weight excluding hydrogens is 135 g/mol. The van der Waals surface area contributed by atoms with Crippen LogP contribution in [0.3, 0.4) is 0 Å². The highest BCUT2D eigenvalue weighted by atomic mass is 31.2. The lowest BCUT2D eigenvalue weighted by molar-refractivity contribution is 0.480. The second-order valence-electron chi connectivity index (χ2n) is 2.25. The van der Waals surface area contributed by atoms with Crippen LogP contribution in [0.1, 0.15) is 20.8 Å². The molecule has 0 aromatic rings. The van der Waals surface area contributed by atoms with Gasteiger partial charge in [-0.05, 0) is 12.7 Å². The highest BCUT2D eigenvalue weighted by molar-refractivity contribution is 7.61. The Bertz CT molecular complexity index is 149. The van der Waals surface area contributed by atoms with Gasteiger partial charge in [0.2, 0.25) is 7.37 Å². The molecule has 0 rings (SSSR count). The Morgan fingerprint density at radius 1 is 1.56 bits per heavy atom. The van der Waals surface area contributed by atoms with Gasteiger partial charge in [-0.1, -0.05) is 19.9 Å². The van der Waals surface area contributed by atoms with E-state index in [4.69, 9.17) is 4.89 Å². The zero-order valence-electron chi connectivity index (χ0n) is 6.03. The minimum absolute atomic E-state index is 0.159. The van der Waals surface area contributed by atoms with E-state index in [1.54, 1.807) is 26.8 Å². The summed E-state index contributed by atoms with van der Waals surface area (Å²) >= 11 is 0. The van der Waals surface area contributed by atoms with Crippen LogP contribution in [-0.2, 0) is 4.57 Å². The molecule has 0 aliphatic rings. The molecule has 0 aliphatic carbocycles. The zero-order chi connectivity index (χ0) is 7.49. The SMILES string of the molecule is CC=CP(=O)(O)C(C)C. The van der Waals surface area contributed by atoms with Crippen molar-refractivity contribution in [2.75, 3.05) is 0 Å². The molecule has 0 saturated heterocycles. The maximum Gasteiger partial charge on any atom is 0.224 e. The van der Waals surface area contributed by atoms with E-state index in [-0.39, 0.29) is 5.66 Å². The molecule has 0 aliphatic heterocycles. The van der Waals surface area contributed by atoms with E-state index in [2.05, 4.69) is 0 Å². The summed E-state index contributed by atoms with van der Waals surface area (Å²) in [6, 6.07) is 0. The zero-order valence-corrected chi connectivity index (χ0v) is 6.93. The first kappa shape index (κ1) is 8.93. The van der Waals surface area contributed by atoms with Crippen molar-refractivity contribution in [3.8, 4) is 0 Å². The van der Waals surface area contributed by atoms with E-state index in [9.17, 15) is 4.57 Å². The van der Waals surface area contributed by atoms with Gasteiger partial charge < -0.3 is 4.89 Å². The van der Waals surface area contributed by atoms with Crippen LogP contribution in [0.4, 0.5) is 0 Å². The Morgan fingerprint density at radius 2 is 2.00 bits per heavy atom. The van der Waals surface area contributed by atoms with Gasteiger partial charge in [0.25, 0.3) is 0 Å². The Balaban J connectivity index is 4.21. The third-order valence-corrected chi connectivity index (χ3v) is 3.31. The minimum atomic E-state index is -2.95. The molecule has 0 amide bonds. The summed E-state index contributed by atoms with van der Waals surface area (Å²) in [5.74, 6) is 1.37. The maximum atomic E-state index is 11.0. The molecule has 1 unspecified atom stereocenters. The Kier molecular flexibility index (Phi) is 3.16. The summed E-state index contributed by atoms with van der Waals surface area (Å²) in [4.78, 5) is 9.06. The highest BCUT2D eigenvalue weighted by Crippen LogP contribution is 2.47. The molecule has 0 bridgehead atoms. The standard InChI is InChI=1S/C6H13O2P/c1-4-5-9(7,8)6(2)3/h4-6H,1-3H3,(H,7,8). The lowest BCUT2D eigenvalue weighted by atomic mass is 10.6. The Morgan fingerprint density at radius 3 is 2.11 bits per heavy atom. The smallest absolute Gasteiger partial charge is 0.224 e. The van der Waals surface area contributed by atoms with Crippen LogP contribution in [-0.4, -0.2) is 10.6 Å². The molecular formula is C6H13O2P. The van der Waals surface area contributed by atoms with Gasteiger partial charge >= 0.3 is 0 Å². The lowest BCUT2D eigenvalue weighted by Gasteiger charge is -2.08. The molecule has 1 N–H and O–H groups in total. The molecule has 0 radical (unpaired) electrons. The normalized spacial score (nSPS) is 18.8. The molecule has 0 fully saturated rings. The molecule has 3 heteroatoms. The van der Waals surface area contributed by atoms with Crippen LogP contribution in [0.5, 0.6) is 0 Å². The molecule has 0 saturated carbocycles. The fraction of sp³-hybridized carbons (Fsp3) is 0.667. The van der Waals surface area contributed by atoms with Gasteiger partial charge in [0.05, 0.1) is 0 Å². The number of hydrogen-bond donors (Lipinski definition) is 1. The molecule has 0 aromatic heterocycles. The van der Waals surface area contributed by atoms with Crippen LogP contribution < -0.4 is 0 Å². The van der Waals surface area contributed by atoms with Crippen LogP contribution in [0, 0.1) is 0 Å². The second-order valence-corrected chi connectivity index (χ2v) is 4.92. The van der Waals surface area contributed by atoms with Crippen LogP contribution >= 0.6 is 7.37 Å². The monoisotopic (exact) mass is 148 g/mol. The van der Waals surface area contributed by atoms with E-state index in [0.29, 0.717) is 0 Å². The van der Waals surface area contributed by atoms with E-state index in [1.165, 1.54) is 5.82 Å².